The lowest BCUT2D eigenvalue weighted by Gasteiger charge is -2.20. The summed E-state index contributed by atoms with van der Waals surface area (Å²) in [6.45, 7) is 4.30. The van der Waals surface area contributed by atoms with Crippen molar-refractivity contribution in [2.45, 2.75) is 39.2 Å². The normalized spacial score (nSPS) is 18.8. The van der Waals surface area contributed by atoms with Crippen LogP contribution >= 0.6 is 0 Å². The van der Waals surface area contributed by atoms with Crippen molar-refractivity contribution in [2.24, 2.45) is 23.5 Å². The predicted molar refractivity (Wildman–Crippen MR) is 64.3 cm³/mol. The summed E-state index contributed by atoms with van der Waals surface area (Å²) in [6, 6.07) is -0.733. The van der Waals surface area contributed by atoms with Gasteiger partial charge < -0.3 is 16.2 Å². The highest BCUT2D eigenvalue weighted by Crippen LogP contribution is 2.32. The molecule has 5 heteroatoms. The van der Waals surface area contributed by atoms with E-state index in [0.717, 1.165) is 12.8 Å². The van der Waals surface area contributed by atoms with Gasteiger partial charge in [0.25, 0.3) is 0 Å². The van der Waals surface area contributed by atoms with Crippen molar-refractivity contribution in [2.75, 3.05) is 6.54 Å². The number of aliphatic carboxylic acids is 1. The summed E-state index contributed by atoms with van der Waals surface area (Å²) in [7, 11) is 0. The van der Waals surface area contributed by atoms with Crippen LogP contribution < -0.4 is 11.1 Å². The zero-order valence-electron chi connectivity index (χ0n) is 10.5. The van der Waals surface area contributed by atoms with Crippen LogP contribution in [-0.2, 0) is 9.59 Å². The van der Waals surface area contributed by atoms with Crippen molar-refractivity contribution in [3.05, 3.63) is 0 Å². The molecule has 0 radical (unpaired) electrons. The Balaban J connectivity index is 2.52. The van der Waals surface area contributed by atoms with Gasteiger partial charge in [-0.2, -0.15) is 0 Å². The lowest BCUT2D eigenvalue weighted by atomic mass is 9.96. The third-order valence-electron chi connectivity index (χ3n) is 3.07. The maximum atomic E-state index is 11.9. The highest BCUT2D eigenvalue weighted by molar-refractivity contribution is 5.85. The standard InChI is InChI=1S/C12H22N2O3/c1-7(2)5-9(6-13)11(15)14-10(12(16)17)8-3-4-8/h7-10H,3-6,13H2,1-2H3,(H,14,15)(H,16,17). The molecule has 5 nitrogen and oxygen atoms in total. The minimum atomic E-state index is -0.943. The van der Waals surface area contributed by atoms with Crippen molar-refractivity contribution in [1.29, 1.82) is 0 Å². The highest BCUT2D eigenvalue weighted by atomic mass is 16.4. The van der Waals surface area contributed by atoms with Gasteiger partial charge in [0.1, 0.15) is 6.04 Å². The fourth-order valence-corrected chi connectivity index (χ4v) is 1.96. The van der Waals surface area contributed by atoms with Crippen molar-refractivity contribution in [1.82, 2.24) is 5.32 Å². The first-order chi connectivity index (χ1) is 7.95. The van der Waals surface area contributed by atoms with Crippen molar-refractivity contribution in [3.63, 3.8) is 0 Å². The third kappa shape index (κ3) is 4.34. The molecule has 0 spiro atoms. The molecule has 0 aromatic heterocycles. The second-order valence-electron chi connectivity index (χ2n) is 5.22. The van der Waals surface area contributed by atoms with Gasteiger partial charge >= 0.3 is 5.97 Å². The molecule has 4 N–H and O–H groups in total. The van der Waals surface area contributed by atoms with E-state index in [9.17, 15) is 9.59 Å². The third-order valence-corrected chi connectivity index (χ3v) is 3.07. The van der Waals surface area contributed by atoms with Gasteiger partial charge in [-0.1, -0.05) is 13.8 Å². The van der Waals surface area contributed by atoms with Gasteiger partial charge in [-0.05, 0) is 31.1 Å². The van der Waals surface area contributed by atoms with Gasteiger partial charge in [-0.15, -0.1) is 0 Å². The number of nitrogens with one attached hydrogen (secondary N) is 1. The molecule has 17 heavy (non-hydrogen) atoms. The van der Waals surface area contributed by atoms with Crippen LogP contribution in [0.3, 0.4) is 0 Å². The molecule has 0 saturated heterocycles. The van der Waals surface area contributed by atoms with Gasteiger partial charge in [0, 0.05) is 6.54 Å². The lowest BCUT2D eigenvalue weighted by molar-refractivity contribution is -0.143. The number of carbonyl (C=O) groups excluding carboxylic acids is 1. The number of amides is 1. The molecule has 2 unspecified atom stereocenters. The van der Waals surface area contributed by atoms with E-state index >= 15 is 0 Å². The summed E-state index contributed by atoms with van der Waals surface area (Å²) in [5, 5.41) is 11.6. The topological polar surface area (TPSA) is 92.4 Å². The lowest BCUT2D eigenvalue weighted by Crippen LogP contribution is -2.46. The van der Waals surface area contributed by atoms with Gasteiger partial charge in [-0.25, -0.2) is 4.79 Å². The fourth-order valence-electron chi connectivity index (χ4n) is 1.96. The van der Waals surface area contributed by atoms with E-state index in [2.05, 4.69) is 5.32 Å². The van der Waals surface area contributed by atoms with Crippen molar-refractivity contribution >= 4 is 11.9 Å². The van der Waals surface area contributed by atoms with Crippen molar-refractivity contribution < 1.29 is 14.7 Å². The molecule has 2 atom stereocenters. The van der Waals surface area contributed by atoms with Crippen molar-refractivity contribution in [3.8, 4) is 0 Å². The van der Waals surface area contributed by atoms with Crippen LogP contribution in [0.2, 0.25) is 0 Å². The highest BCUT2D eigenvalue weighted by Gasteiger charge is 2.38. The Bertz CT molecular complexity index is 287. The number of rotatable bonds is 7. The molecule has 1 rings (SSSR count). The van der Waals surface area contributed by atoms with Gasteiger partial charge in [0.15, 0.2) is 0 Å². The number of nitrogens with two attached hydrogens (primary N) is 1. The maximum absolute atomic E-state index is 11.9. The van der Waals surface area contributed by atoms with E-state index in [1.807, 2.05) is 13.8 Å². The number of hydrogen-bond donors (Lipinski definition) is 3. The fraction of sp³-hybridized carbons (Fsp3) is 0.833. The van der Waals surface area contributed by atoms with E-state index < -0.39 is 12.0 Å². The monoisotopic (exact) mass is 242 g/mol. The number of hydrogen-bond acceptors (Lipinski definition) is 3. The molecule has 1 amide bonds. The Kier molecular flexibility index (Phi) is 4.93. The molecule has 0 bridgehead atoms. The first-order valence-corrected chi connectivity index (χ1v) is 6.19. The molecule has 1 saturated carbocycles. The summed E-state index contributed by atoms with van der Waals surface area (Å²) in [6.07, 6.45) is 2.46. The Labute approximate surface area is 102 Å². The average Bonchev–Trinajstić information content (AvgIpc) is 3.05. The summed E-state index contributed by atoms with van der Waals surface area (Å²) >= 11 is 0. The van der Waals surface area contributed by atoms with Crippen LogP contribution in [0.15, 0.2) is 0 Å². The molecule has 1 fully saturated rings. The predicted octanol–water partition coefficient (Wildman–Crippen LogP) is 0.587. The second-order valence-corrected chi connectivity index (χ2v) is 5.22. The summed E-state index contributed by atoms with van der Waals surface area (Å²) in [5.74, 6) is -0.968. The van der Waals surface area contributed by atoms with Crippen LogP contribution in [0.4, 0.5) is 0 Å². The quantitative estimate of drug-likeness (QED) is 0.609. The zero-order chi connectivity index (χ0) is 13.0. The molecule has 0 aliphatic heterocycles. The SMILES string of the molecule is CC(C)CC(CN)C(=O)NC(C(=O)O)C1CC1. The smallest absolute Gasteiger partial charge is 0.326 e. The van der Waals surface area contributed by atoms with Crippen LogP contribution in [0, 0.1) is 17.8 Å². The Morgan fingerprint density at radius 3 is 2.35 bits per heavy atom. The van der Waals surface area contributed by atoms with E-state index in [4.69, 9.17) is 10.8 Å². The molecule has 98 valence electrons. The molecule has 0 aromatic rings. The van der Waals surface area contributed by atoms with Crippen LogP contribution in [-0.4, -0.2) is 29.6 Å². The second kappa shape index (κ2) is 6.00. The zero-order valence-corrected chi connectivity index (χ0v) is 10.5. The first kappa shape index (κ1) is 14.0. The number of carboxylic acids is 1. The molecular formula is C12H22N2O3. The van der Waals surface area contributed by atoms with Crippen LogP contribution in [0.5, 0.6) is 0 Å². The average molecular weight is 242 g/mol. The molecule has 1 aliphatic carbocycles. The van der Waals surface area contributed by atoms with Gasteiger partial charge in [0.05, 0.1) is 5.92 Å². The summed E-state index contributed by atoms with van der Waals surface area (Å²) in [5.41, 5.74) is 5.56. The van der Waals surface area contributed by atoms with Gasteiger partial charge in [0.2, 0.25) is 5.91 Å². The Morgan fingerprint density at radius 2 is 2.00 bits per heavy atom. The number of carbonyl (C=O) groups is 2. The summed E-state index contributed by atoms with van der Waals surface area (Å²) in [4.78, 5) is 22.9. The van der Waals surface area contributed by atoms with E-state index in [1.54, 1.807) is 0 Å². The van der Waals surface area contributed by atoms with Gasteiger partial charge in [-0.3, -0.25) is 4.79 Å². The first-order valence-electron chi connectivity index (χ1n) is 6.19. The minimum absolute atomic E-state index is 0.105. The van der Waals surface area contributed by atoms with E-state index in [-0.39, 0.29) is 24.3 Å². The Morgan fingerprint density at radius 1 is 1.41 bits per heavy atom. The largest absolute Gasteiger partial charge is 0.480 e. The number of carboxylic acid groups (broad SMARTS) is 1. The van der Waals surface area contributed by atoms with Crippen LogP contribution in [0.1, 0.15) is 33.1 Å². The van der Waals surface area contributed by atoms with E-state index in [1.165, 1.54) is 0 Å². The van der Waals surface area contributed by atoms with E-state index in [0.29, 0.717) is 12.3 Å². The molecule has 0 aromatic carbocycles. The van der Waals surface area contributed by atoms with Crippen LogP contribution in [0.25, 0.3) is 0 Å². The maximum Gasteiger partial charge on any atom is 0.326 e. The minimum Gasteiger partial charge on any atom is -0.480 e. The molecular weight excluding hydrogens is 220 g/mol. The molecule has 0 heterocycles. The summed E-state index contributed by atoms with van der Waals surface area (Å²) < 4.78 is 0. The Hall–Kier alpha value is -1.10. The molecule has 1 aliphatic rings.